The molecule has 2 rings (SSSR count). The van der Waals surface area contributed by atoms with Crippen LogP contribution in [0.25, 0.3) is 0 Å². The van der Waals surface area contributed by atoms with Crippen LogP contribution in [0.1, 0.15) is 76.3 Å². The Bertz CT molecular complexity index is 916. The van der Waals surface area contributed by atoms with E-state index in [0.717, 1.165) is 57.3 Å². The van der Waals surface area contributed by atoms with E-state index < -0.39 is 0 Å². The molecule has 198 valence electrons. The van der Waals surface area contributed by atoms with Crippen LogP contribution in [0.2, 0.25) is 0 Å². The molecule has 0 aliphatic carbocycles. The summed E-state index contributed by atoms with van der Waals surface area (Å²) in [5, 5.41) is 5.82. The summed E-state index contributed by atoms with van der Waals surface area (Å²) >= 11 is 6.96. The topological polar surface area (TPSA) is 76.7 Å². The van der Waals surface area contributed by atoms with Crippen molar-refractivity contribution in [1.82, 2.24) is 10.6 Å². The highest BCUT2D eigenvalue weighted by atomic mass is 79.9. The summed E-state index contributed by atoms with van der Waals surface area (Å²) in [5.41, 5.74) is 2.15. The van der Waals surface area contributed by atoms with E-state index in [0.29, 0.717) is 24.9 Å². The van der Waals surface area contributed by atoms with Gasteiger partial charge in [0.2, 0.25) is 0 Å². The monoisotopic (exact) mass is 624 g/mol. The molecule has 0 bridgehead atoms. The molecule has 0 fully saturated rings. The normalized spacial score (nSPS) is 11.0. The number of benzene rings is 2. The van der Waals surface area contributed by atoms with E-state index in [1.807, 2.05) is 36.4 Å². The molecule has 0 radical (unpaired) electrons. The molecule has 2 aromatic carbocycles. The van der Waals surface area contributed by atoms with Crippen molar-refractivity contribution in [2.24, 2.45) is 0 Å². The Morgan fingerprint density at radius 2 is 1.08 bits per heavy atom. The van der Waals surface area contributed by atoms with Gasteiger partial charge in [-0.05, 0) is 72.2 Å². The van der Waals surface area contributed by atoms with Crippen LogP contribution < -0.4 is 20.1 Å². The third-order valence-corrected chi connectivity index (χ3v) is 6.64. The molecular formula is C28H38Br2N2O4. The molecule has 2 amide bonds. The van der Waals surface area contributed by atoms with Gasteiger partial charge in [-0.1, -0.05) is 72.4 Å². The number of ether oxygens (including phenoxy) is 2. The summed E-state index contributed by atoms with van der Waals surface area (Å²) in [6, 6.07) is 11.7. The van der Waals surface area contributed by atoms with Gasteiger partial charge >= 0.3 is 0 Å². The molecule has 6 nitrogen and oxygen atoms in total. The van der Waals surface area contributed by atoms with E-state index in [-0.39, 0.29) is 25.0 Å². The second-order valence-electron chi connectivity index (χ2n) is 9.37. The molecule has 0 saturated carbocycles. The van der Waals surface area contributed by atoms with Crippen LogP contribution in [0, 0.1) is 0 Å². The average molecular weight is 626 g/mol. The standard InChI is InChI=1S/C28H38Br2N2O4/c1-19(2)23-15-21(29)9-11-25(23)35-17-27(33)31-13-7-5-6-8-14-32-28(34)18-36-26-12-10-22(30)16-24(26)20(3)4/h9-12,15-16,19-20H,5-8,13-14,17-18H2,1-4H3,(H,31,33)(H,32,34). The smallest absolute Gasteiger partial charge is 0.257 e. The maximum atomic E-state index is 12.1. The molecule has 0 aliphatic heterocycles. The van der Waals surface area contributed by atoms with Gasteiger partial charge in [0.1, 0.15) is 11.5 Å². The number of nitrogens with one attached hydrogen (secondary N) is 2. The highest BCUT2D eigenvalue weighted by molar-refractivity contribution is 9.10. The van der Waals surface area contributed by atoms with Crippen LogP contribution in [0.15, 0.2) is 45.3 Å². The molecule has 0 heterocycles. The lowest BCUT2D eigenvalue weighted by atomic mass is 10.0. The van der Waals surface area contributed by atoms with E-state index in [1.54, 1.807) is 0 Å². The number of hydrogen-bond donors (Lipinski definition) is 2. The minimum Gasteiger partial charge on any atom is -0.483 e. The fourth-order valence-electron chi connectivity index (χ4n) is 3.65. The van der Waals surface area contributed by atoms with Crippen molar-refractivity contribution < 1.29 is 19.1 Å². The Hall–Kier alpha value is -2.06. The number of unbranched alkanes of at least 4 members (excludes halogenated alkanes) is 3. The third-order valence-electron chi connectivity index (χ3n) is 5.65. The summed E-state index contributed by atoms with van der Waals surface area (Å²) in [6.07, 6.45) is 3.74. The van der Waals surface area contributed by atoms with Crippen LogP contribution in [0.3, 0.4) is 0 Å². The molecule has 8 heteroatoms. The first-order chi connectivity index (χ1) is 17.2. The minimum absolute atomic E-state index is 0.00831. The Balaban J connectivity index is 1.53. The Morgan fingerprint density at radius 1 is 0.694 bits per heavy atom. The molecule has 0 unspecified atom stereocenters. The second kappa shape index (κ2) is 15.9. The van der Waals surface area contributed by atoms with Gasteiger partial charge in [-0.15, -0.1) is 0 Å². The summed E-state index contributed by atoms with van der Waals surface area (Å²) in [7, 11) is 0. The first-order valence-corrected chi connectivity index (χ1v) is 14.1. The lowest BCUT2D eigenvalue weighted by molar-refractivity contribution is -0.123. The van der Waals surface area contributed by atoms with Gasteiger partial charge in [-0.3, -0.25) is 9.59 Å². The number of hydrogen-bond acceptors (Lipinski definition) is 4. The first-order valence-electron chi connectivity index (χ1n) is 12.5. The quantitative estimate of drug-likeness (QED) is 0.216. The second-order valence-corrected chi connectivity index (χ2v) is 11.2. The van der Waals surface area contributed by atoms with E-state index >= 15 is 0 Å². The Kier molecular flexibility index (Phi) is 13.3. The Labute approximate surface area is 232 Å². The van der Waals surface area contributed by atoms with E-state index in [9.17, 15) is 9.59 Å². The minimum atomic E-state index is -0.119. The van der Waals surface area contributed by atoms with Gasteiger partial charge in [-0.2, -0.15) is 0 Å². The van der Waals surface area contributed by atoms with Crippen molar-refractivity contribution in [2.45, 2.75) is 65.2 Å². The summed E-state index contributed by atoms with van der Waals surface area (Å²) in [6.45, 7) is 9.64. The molecular weight excluding hydrogens is 588 g/mol. The van der Waals surface area contributed by atoms with Crippen molar-refractivity contribution >= 4 is 43.7 Å². The number of halogens is 2. The van der Waals surface area contributed by atoms with Crippen LogP contribution in [-0.2, 0) is 9.59 Å². The predicted molar refractivity (Wildman–Crippen MR) is 152 cm³/mol. The molecule has 0 spiro atoms. The maximum absolute atomic E-state index is 12.1. The van der Waals surface area contributed by atoms with Crippen molar-refractivity contribution in [3.05, 3.63) is 56.5 Å². The number of amides is 2. The molecule has 36 heavy (non-hydrogen) atoms. The lowest BCUT2D eigenvalue weighted by Crippen LogP contribution is -2.30. The molecule has 2 N–H and O–H groups in total. The summed E-state index contributed by atoms with van der Waals surface area (Å²) in [5.74, 6) is 1.86. The van der Waals surface area contributed by atoms with E-state index in [1.165, 1.54) is 0 Å². The number of rotatable bonds is 15. The van der Waals surface area contributed by atoms with Crippen molar-refractivity contribution in [3.63, 3.8) is 0 Å². The molecule has 0 aliphatic rings. The molecule has 0 atom stereocenters. The summed E-state index contributed by atoms with van der Waals surface area (Å²) in [4.78, 5) is 24.2. The van der Waals surface area contributed by atoms with Crippen LogP contribution in [-0.4, -0.2) is 38.1 Å². The van der Waals surface area contributed by atoms with Crippen LogP contribution in [0.5, 0.6) is 11.5 Å². The predicted octanol–water partition coefficient (Wildman–Crippen LogP) is 6.71. The van der Waals surface area contributed by atoms with Gasteiger partial charge in [-0.25, -0.2) is 0 Å². The van der Waals surface area contributed by atoms with Crippen molar-refractivity contribution in [1.29, 1.82) is 0 Å². The molecule has 0 aromatic heterocycles. The fourth-order valence-corrected chi connectivity index (χ4v) is 4.41. The number of carbonyl (C=O) groups is 2. The maximum Gasteiger partial charge on any atom is 0.257 e. The Morgan fingerprint density at radius 3 is 1.44 bits per heavy atom. The van der Waals surface area contributed by atoms with Crippen molar-refractivity contribution in [2.75, 3.05) is 26.3 Å². The average Bonchev–Trinajstić information content (AvgIpc) is 2.83. The van der Waals surface area contributed by atoms with Gasteiger partial charge in [0.05, 0.1) is 0 Å². The highest BCUT2D eigenvalue weighted by Gasteiger charge is 2.12. The third kappa shape index (κ3) is 10.9. The zero-order valence-corrected chi connectivity index (χ0v) is 24.8. The summed E-state index contributed by atoms with van der Waals surface area (Å²) < 4.78 is 13.5. The SMILES string of the molecule is CC(C)c1cc(Br)ccc1OCC(=O)NCCCCCCNC(=O)COc1ccc(Br)cc1C(C)C. The first kappa shape index (κ1) is 30.2. The highest BCUT2D eigenvalue weighted by Crippen LogP contribution is 2.30. The zero-order valence-electron chi connectivity index (χ0n) is 21.7. The van der Waals surface area contributed by atoms with E-state index in [4.69, 9.17) is 9.47 Å². The van der Waals surface area contributed by atoms with Crippen molar-refractivity contribution in [3.8, 4) is 11.5 Å². The molecule has 0 saturated heterocycles. The van der Waals surface area contributed by atoms with Crippen LogP contribution >= 0.6 is 31.9 Å². The van der Waals surface area contributed by atoms with Gasteiger partial charge in [0.25, 0.3) is 11.8 Å². The van der Waals surface area contributed by atoms with Gasteiger partial charge in [0.15, 0.2) is 13.2 Å². The van der Waals surface area contributed by atoms with Crippen LogP contribution in [0.4, 0.5) is 0 Å². The fraction of sp³-hybridized carbons (Fsp3) is 0.500. The zero-order chi connectivity index (χ0) is 26.5. The lowest BCUT2D eigenvalue weighted by Gasteiger charge is -2.14. The number of carbonyl (C=O) groups excluding carboxylic acids is 2. The van der Waals surface area contributed by atoms with E-state index in [2.05, 4.69) is 70.2 Å². The largest absolute Gasteiger partial charge is 0.483 e. The van der Waals surface area contributed by atoms with Gasteiger partial charge < -0.3 is 20.1 Å². The van der Waals surface area contributed by atoms with Gasteiger partial charge in [0, 0.05) is 22.0 Å². The molecule has 2 aromatic rings.